The van der Waals surface area contributed by atoms with E-state index in [-0.39, 0.29) is 5.92 Å². The molecule has 96 valence electrons. The van der Waals surface area contributed by atoms with Crippen LogP contribution in [0.2, 0.25) is 5.02 Å². The molecule has 2 aromatic rings. The SMILES string of the molecule is Cc1cc(Cl)ccc1OCC(C#N)c1ccccc1. The van der Waals surface area contributed by atoms with Gasteiger partial charge in [0.1, 0.15) is 18.3 Å². The predicted octanol–water partition coefficient (Wildman–Crippen LogP) is 4.33. The zero-order chi connectivity index (χ0) is 13.7. The van der Waals surface area contributed by atoms with Crippen molar-refractivity contribution < 1.29 is 4.74 Å². The molecule has 0 aliphatic carbocycles. The zero-order valence-electron chi connectivity index (χ0n) is 10.6. The van der Waals surface area contributed by atoms with Gasteiger partial charge in [-0.2, -0.15) is 5.26 Å². The van der Waals surface area contributed by atoms with Crippen molar-refractivity contribution in [3.8, 4) is 11.8 Å². The Bertz CT molecular complexity index is 589. The third-order valence-corrected chi connectivity index (χ3v) is 3.14. The number of hydrogen-bond acceptors (Lipinski definition) is 2. The molecule has 0 radical (unpaired) electrons. The van der Waals surface area contributed by atoms with Crippen molar-refractivity contribution in [1.29, 1.82) is 5.26 Å². The summed E-state index contributed by atoms with van der Waals surface area (Å²) in [6.45, 7) is 2.27. The van der Waals surface area contributed by atoms with Crippen molar-refractivity contribution in [3.05, 3.63) is 64.7 Å². The molecule has 0 N–H and O–H groups in total. The van der Waals surface area contributed by atoms with Crippen molar-refractivity contribution in [2.24, 2.45) is 0 Å². The van der Waals surface area contributed by atoms with E-state index in [2.05, 4.69) is 6.07 Å². The number of hydrogen-bond donors (Lipinski definition) is 0. The van der Waals surface area contributed by atoms with Crippen LogP contribution in [0.5, 0.6) is 5.75 Å². The van der Waals surface area contributed by atoms with E-state index in [1.165, 1.54) is 0 Å². The van der Waals surface area contributed by atoms with Crippen LogP contribution in [0.3, 0.4) is 0 Å². The first-order chi connectivity index (χ1) is 9.20. The molecule has 0 saturated carbocycles. The Hall–Kier alpha value is -1.98. The van der Waals surface area contributed by atoms with E-state index in [1.807, 2.05) is 49.4 Å². The summed E-state index contributed by atoms with van der Waals surface area (Å²) in [4.78, 5) is 0. The number of ether oxygens (including phenoxy) is 1. The molecule has 0 bridgehead atoms. The summed E-state index contributed by atoms with van der Waals surface area (Å²) in [6.07, 6.45) is 0. The fourth-order valence-electron chi connectivity index (χ4n) is 1.84. The molecule has 0 saturated heterocycles. The minimum Gasteiger partial charge on any atom is -0.492 e. The monoisotopic (exact) mass is 271 g/mol. The van der Waals surface area contributed by atoms with E-state index >= 15 is 0 Å². The van der Waals surface area contributed by atoms with Gasteiger partial charge in [0.2, 0.25) is 0 Å². The molecular weight excluding hydrogens is 258 g/mol. The van der Waals surface area contributed by atoms with Crippen LogP contribution in [-0.2, 0) is 0 Å². The highest BCUT2D eigenvalue weighted by Crippen LogP contribution is 2.23. The number of benzene rings is 2. The largest absolute Gasteiger partial charge is 0.492 e. The van der Waals surface area contributed by atoms with Crippen molar-refractivity contribution >= 4 is 11.6 Å². The normalized spacial score (nSPS) is 11.6. The minimum absolute atomic E-state index is 0.267. The highest BCUT2D eigenvalue weighted by Gasteiger charge is 2.11. The molecule has 0 aromatic heterocycles. The van der Waals surface area contributed by atoms with Crippen LogP contribution in [-0.4, -0.2) is 6.61 Å². The van der Waals surface area contributed by atoms with Gasteiger partial charge in [0.05, 0.1) is 6.07 Å². The second kappa shape index (κ2) is 6.26. The van der Waals surface area contributed by atoms with Gasteiger partial charge in [-0.1, -0.05) is 41.9 Å². The lowest BCUT2D eigenvalue weighted by Crippen LogP contribution is -2.09. The topological polar surface area (TPSA) is 33.0 Å². The maximum Gasteiger partial charge on any atom is 0.122 e. The molecule has 2 rings (SSSR count). The Kier molecular flexibility index (Phi) is 4.43. The standard InChI is InChI=1S/C16H14ClNO/c1-12-9-15(17)7-8-16(12)19-11-14(10-18)13-5-3-2-4-6-13/h2-9,14H,11H2,1H3. The van der Waals surface area contributed by atoms with Crippen LogP contribution in [0.1, 0.15) is 17.0 Å². The van der Waals surface area contributed by atoms with Gasteiger partial charge < -0.3 is 4.74 Å². The molecule has 0 fully saturated rings. The van der Waals surface area contributed by atoms with Crippen LogP contribution in [0.25, 0.3) is 0 Å². The average Bonchev–Trinajstić information content (AvgIpc) is 2.43. The zero-order valence-corrected chi connectivity index (χ0v) is 11.4. The van der Waals surface area contributed by atoms with E-state index in [0.29, 0.717) is 11.6 Å². The summed E-state index contributed by atoms with van der Waals surface area (Å²) >= 11 is 5.89. The average molecular weight is 272 g/mol. The lowest BCUT2D eigenvalue weighted by Gasteiger charge is -2.13. The summed E-state index contributed by atoms with van der Waals surface area (Å²) in [5, 5.41) is 9.90. The van der Waals surface area contributed by atoms with Crippen molar-refractivity contribution in [1.82, 2.24) is 0 Å². The predicted molar refractivity (Wildman–Crippen MR) is 76.5 cm³/mol. The molecule has 3 heteroatoms. The van der Waals surface area contributed by atoms with E-state index in [1.54, 1.807) is 6.07 Å². The molecule has 0 heterocycles. The Morgan fingerprint density at radius 2 is 1.95 bits per heavy atom. The summed E-state index contributed by atoms with van der Waals surface area (Å²) in [5.74, 6) is 0.497. The molecular formula is C16H14ClNO. The summed E-state index contributed by atoms with van der Waals surface area (Å²) < 4.78 is 5.72. The smallest absolute Gasteiger partial charge is 0.122 e. The van der Waals surface area contributed by atoms with Crippen LogP contribution >= 0.6 is 11.6 Å². The van der Waals surface area contributed by atoms with E-state index in [0.717, 1.165) is 16.9 Å². The van der Waals surface area contributed by atoms with Gasteiger partial charge in [-0.15, -0.1) is 0 Å². The van der Waals surface area contributed by atoms with Gasteiger partial charge >= 0.3 is 0 Å². The first-order valence-electron chi connectivity index (χ1n) is 6.04. The maximum absolute atomic E-state index is 9.22. The fourth-order valence-corrected chi connectivity index (χ4v) is 2.07. The van der Waals surface area contributed by atoms with Crippen molar-refractivity contribution in [2.75, 3.05) is 6.61 Å². The number of halogens is 1. The summed E-state index contributed by atoms with van der Waals surface area (Å²) in [7, 11) is 0. The molecule has 0 aliphatic rings. The number of rotatable bonds is 4. The van der Waals surface area contributed by atoms with Gasteiger partial charge in [0.25, 0.3) is 0 Å². The van der Waals surface area contributed by atoms with Crippen LogP contribution < -0.4 is 4.74 Å². The highest BCUT2D eigenvalue weighted by atomic mass is 35.5. The van der Waals surface area contributed by atoms with E-state index in [9.17, 15) is 5.26 Å². The third kappa shape index (κ3) is 3.49. The van der Waals surface area contributed by atoms with Crippen molar-refractivity contribution in [2.45, 2.75) is 12.8 Å². The van der Waals surface area contributed by atoms with Gasteiger partial charge in [0, 0.05) is 5.02 Å². The van der Waals surface area contributed by atoms with Crippen LogP contribution in [0, 0.1) is 18.3 Å². The molecule has 1 atom stereocenters. The van der Waals surface area contributed by atoms with Gasteiger partial charge in [-0.3, -0.25) is 0 Å². The summed E-state index contributed by atoms with van der Waals surface area (Å²) in [5.41, 5.74) is 1.94. The second-order valence-electron chi connectivity index (χ2n) is 4.31. The first kappa shape index (κ1) is 13.5. The second-order valence-corrected chi connectivity index (χ2v) is 4.75. The van der Waals surface area contributed by atoms with Crippen molar-refractivity contribution in [3.63, 3.8) is 0 Å². The molecule has 2 aromatic carbocycles. The highest BCUT2D eigenvalue weighted by molar-refractivity contribution is 6.30. The van der Waals surface area contributed by atoms with E-state index in [4.69, 9.17) is 16.3 Å². The molecule has 0 amide bonds. The molecule has 1 unspecified atom stereocenters. The van der Waals surface area contributed by atoms with Gasteiger partial charge in [0.15, 0.2) is 0 Å². The molecule has 0 spiro atoms. The first-order valence-corrected chi connectivity index (χ1v) is 6.42. The molecule has 0 aliphatic heterocycles. The Balaban J connectivity index is 2.07. The maximum atomic E-state index is 9.22. The fraction of sp³-hybridized carbons (Fsp3) is 0.188. The third-order valence-electron chi connectivity index (χ3n) is 2.90. The van der Waals surface area contributed by atoms with Gasteiger partial charge in [-0.25, -0.2) is 0 Å². The van der Waals surface area contributed by atoms with Crippen LogP contribution in [0.15, 0.2) is 48.5 Å². The Morgan fingerprint density at radius 3 is 2.58 bits per heavy atom. The molecule has 2 nitrogen and oxygen atoms in total. The quantitative estimate of drug-likeness (QED) is 0.829. The Morgan fingerprint density at radius 1 is 1.21 bits per heavy atom. The summed E-state index contributed by atoms with van der Waals surface area (Å²) in [6, 6.07) is 17.4. The number of aryl methyl sites for hydroxylation is 1. The Labute approximate surface area is 118 Å². The van der Waals surface area contributed by atoms with Gasteiger partial charge in [-0.05, 0) is 36.2 Å². The molecule has 19 heavy (non-hydrogen) atoms. The number of nitrogens with zero attached hydrogens (tertiary/aromatic N) is 1. The van der Waals surface area contributed by atoms with Crippen LogP contribution in [0.4, 0.5) is 0 Å². The lowest BCUT2D eigenvalue weighted by molar-refractivity contribution is 0.306. The number of nitriles is 1. The lowest BCUT2D eigenvalue weighted by atomic mass is 10.0. The van der Waals surface area contributed by atoms with E-state index < -0.39 is 0 Å². The minimum atomic E-state index is -0.267.